The Morgan fingerprint density at radius 3 is 2.89 bits per heavy atom. The molecule has 0 spiro atoms. The third-order valence-corrected chi connectivity index (χ3v) is 5.95. The van der Waals surface area contributed by atoms with Gasteiger partial charge in [-0.3, -0.25) is 10.00 Å². The number of nitrogens with zero attached hydrogens (tertiary/aromatic N) is 2. The Morgan fingerprint density at radius 1 is 1.11 bits per heavy atom. The Morgan fingerprint density at radius 2 is 2.04 bits per heavy atom. The molecule has 4 nitrogen and oxygen atoms in total. The standard InChI is InChI=1S/C23H21BrN4/c24-19-5-3-4-17(12-19)23-18(13-26-27-23)15-28-10-8-16(9-11-28)21-14-25-22-7-2-1-6-20(21)22/h1-8,12-14,25H,9-11,15H2,(H,26,27). The van der Waals surface area contributed by atoms with Crippen LogP contribution in [0.4, 0.5) is 0 Å². The van der Waals surface area contributed by atoms with Crippen molar-refractivity contribution >= 4 is 32.4 Å². The molecule has 5 rings (SSSR count). The van der Waals surface area contributed by atoms with Gasteiger partial charge in [-0.15, -0.1) is 0 Å². The molecule has 0 bridgehead atoms. The van der Waals surface area contributed by atoms with E-state index in [0.29, 0.717) is 0 Å². The molecule has 0 fully saturated rings. The molecule has 2 N–H and O–H groups in total. The van der Waals surface area contributed by atoms with Gasteiger partial charge in [-0.25, -0.2) is 0 Å². The van der Waals surface area contributed by atoms with Crippen molar-refractivity contribution in [2.45, 2.75) is 13.0 Å². The third kappa shape index (κ3) is 3.32. The van der Waals surface area contributed by atoms with E-state index in [1.807, 2.05) is 12.3 Å². The molecule has 140 valence electrons. The Bertz CT molecular complexity index is 1150. The van der Waals surface area contributed by atoms with E-state index in [1.165, 1.54) is 27.6 Å². The topological polar surface area (TPSA) is 47.7 Å². The lowest BCUT2D eigenvalue weighted by atomic mass is 9.98. The largest absolute Gasteiger partial charge is 0.361 e. The predicted octanol–water partition coefficient (Wildman–Crippen LogP) is 5.61. The first-order valence-corrected chi connectivity index (χ1v) is 10.3. The van der Waals surface area contributed by atoms with Crippen LogP contribution in [0.5, 0.6) is 0 Å². The molecule has 0 unspecified atom stereocenters. The second-order valence-electron chi connectivity index (χ2n) is 7.24. The minimum atomic E-state index is 0.899. The van der Waals surface area contributed by atoms with Crippen molar-refractivity contribution < 1.29 is 0 Å². The number of fused-ring (bicyclic) bond motifs is 1. The number of aromatic amines is 2. The fourth-order valence-electron chi connectivity index (χ4n) is 4.00. The third-order valence-electron chi connectivity index (χ3n) is 5.45. The molecular weight excluding hydrogens is 412 g/mol. The number of H-pyrrole nitrogens is 2. The summed E-state index contributed by atoms with van der Waals surface area (Å²) in [5.74, 6) is 0. The molecule has 1 aliphatic rings. The van der Waals surface area contributed by atoms with Crippen molar-refractivity contribution in [2.24, 2.45) is 0 Å². The number of nitrogens with one attached hydrogen (secondary N) is 2. The van der Waals surface area contributed by atoms with Gasteiger partial charge in [-0.1, -0.05) is 52.3 Å². The average molecular weight is 433 g/mol. The van der Waals surface area contributed by atoms with E-state index in [0.717, 1.165) is 41.8 Å². The fraction of sp³-hybridized carbons (Fsp3) is 0.174. The maximum atomic E-state index is 4.30. The zero-order valence-corrected chi connectivity index (χ0v) is 17.0. The molecule has 5 heteroatoms. The van der Waals surface area contributed by atoms with Gasteiger partial charge in [0.1, 0.15) is 0 Å². The van der Waals surface area contributed by atoms with Gasteiger partial charge in [0, 0.05) is 57.9 Å². The average Bonchev–Trinajstić information content (AvgIpc) is 3.36. The Kier molecular flexibility index (Phi) is 4.63. The number of aromatic nitrogens is 3. The van der Waals surface area contributed by atoms with Gasteiger partial charge in [0.25, 0.3) is 0 Å². The fourth-order valence-corrected chi connectivity index (χ4v) is 4.40. The highest BCUT2D eigenvalue weighted by molar-refractivity contribution is 9.10. The van der Waals surface area contributed by atoms with Crippen molar-refractivity contribution in [2.75, 3.05) is 13.1 Å². The van der Waals surface area contributed by atoms with Crippen LogP contribution in [0.15, 0.2) is 71.5 Å². The van der Waals surface area contributed by atoms with Gasteiger partial charge >= 0.3 is 0 Å². The molecule has 28 heavy (non-hydrogen) atoms. The van der Waals surface area contributed by atoms with E-state index in [9.17, 15) is 0 Å². The summed E-state index contributed by atoms with van der Waals surface area (Å²) in [6, 6.07) is 16.9. The summed E-state index contributed by atoms with van der Waals surface area (Å²) in [4.78, 5) is 5.87. The van der Waals surface area contributed by atoms with Crippen molar-refractivity contribution in [1.29, 1.82) is 0 Å². The zero-order valence-electron chi connectivity index (χ0n) is 15.5. The quantitative estimate of drug-likeness (QED) is 0.440. The zero-order chi connectivity index (χ0) is 18.9. The van der Waals surface area contributed by atoms with Gasteiger partial charge in [-0.05, 0) is 30.2 Å². The molecule has 0 saturated carbocycles. The van der Waals surface area contributed by atoms with E-state index in [2.05, 4.69) is 90.7 Å². The number of para-hydroxylation sites is 1. The maximum absolute atomic E-state index is 4.30. The number of halogens is 1. The van der Waals surface area contributed by atoms with Crippen molar-refractivity contribution in [1.82, 2.24) is 20.1 Å². The van der Waals surface area contributed by atoms with E-state index < -0.39 is 0 Å². The van der Waals surface area contributed by atoms with E-state index >= 15 is 0 Å². The summed E-state index contributed by atoms with van der Waals surface area (Å²) in [6.07, 6.45) is 7.53. The highest BCUT2D eigenvalue weighted by Gasteiger charge is 2.18. The first kappa shape index (κ1) is 17.5. The molecule has 0 amide bonds. The van der Waals surface area contributed by atoms with Crippen LogP contribution in [0.25, 0.3) is 27.7 Å². The van der Waals surface area contributed by atoms with Crippen LogP contribution in [0.3, 0.4) is 0 Å². The molecule has 2 aromatic carbocycles. The SMILES string of the molecule is Brc1cccc(-c2[nH]ncc2CN2CC=C(c3c[nH]c4ccccc34)CC2)c1. The molecule has 0 atom stereocenters. The first-order valence-electron chi connectivity index (χ1n) is 9.54. The normalized spacial score (nSPS) is 15.1. The summed E-state index contributed by atoms with van der Waals surface area (Å²) in [7, 11) is 0. The molecule has 0 radical (unpaired) electrons. The van der Waals surface area contributed by atoms with E-state index in [-0.39, 0.29) is 0 Å². The van der Waals surface area contributed by atoms with Crippen molar-refractivity contribution in [3.05, 3.63) is 82.6 Å². The van der Waals surface area contributed by atoms with Crippen LogP contribution in [-0.4, -0.2) is 33.2 Å². The highest BCUT2D eigenvalue weighted by atomic mass is 79.9. The summed E-state index contributed by atoms with van der Waals surface area (Å²) in [5.41, 5.74) is 7.49. The highest BCUT2D eigenvalue weighted by Crippen LogP contribution is 2.30. The summed E-state index contributed by atoms with van der Waals surface area (Å²) in [5, 5.41) is 8.78. The van der Waals surface area contributed by atoms with Crippen molar-refractivity contribution in [3.8, 4) is 11.3 Å². The molecule has 0 saturated heterocycles. The molecule has 3 heterocycles. The van der Waals surface area contributed by atoms with Crippen molar-refractivity contribution in [3.63, 3.8) is 0 Å². The van der Waals surface area contributed by atoms with Gasteiger partial charge < -0.3 is 4.98 Å². The molecular formula is C23H21BrN4. The number of rotatable bonds is 4. The lowest BCUT2D eigenvalue weighted by Crippen LogP contribution is -2.28. The van der Waals surface area contributed by atoms with Crippen LogP contribution in [0.1, 0.15) is 17.5 Å². The minimum Gasteiger partial charge on any atom is -0.361 e. The minimum absolute atomic E-state index is 0.899. The smallest absolute Gasteiger partial charge is 0.0695 e. The van der Waals surface area contributed by atoms with Crippen LogP contribution < -0.4 is 0 Å². The second-order valence-corrected chi connectivity index (χ2v) is 8.16. The predicted molar refractivity (Wildman–Crippen MR) is 118 cm³/mol. The van der Waals surface area contributed by atoms with Crippen LogP contribution in [-0.2, 0) is 6.54 Å². The molecule has 4 aromatic rings. The van der Waals surface area contributed by atoms with Crippen LogP contribution >= 0.6 is 15.9 Å². The monoisotopic (exact) mass is 432 g/mol. The lowest BCUT2D eigenvalue weighted by Gasteiger charge is -2.26. The summed E-state index contributed by atoms with van der Waals surface area (Å²) < 4.78 is 1.08. The van der Waals surface area contributed by atoms with E-state index in [1.54, 1.807) is 0 Å². The molecule has 2 aromatic heterocycles. The number of hydrogen-bond donors (Lipinski definition) is 2. The summed E-state index contributed by atoms with van der Waals surface area (Å²) in [6.45, 7) is 2.91. The van der Waals surface area contributed by atoms with Gasteiger partial charge in [0.2, 0.25) is 0 Å². The maximum Gasteiger partial charge on any atom is 0.0695 e. The molecule has 0 aliphatic carbocycles. The van der Waals surface area contributed by atoms with Crippen LogP contribution in [0, 0.1) is 0 Å². The summed E-state index contributed by atoms with van der Waals surface area (Å²) >= 11 is 3.56. The first-order chi connectivity index (χ1) is 13.8. The van der Waals surface area contributed by atoms with Gasteiger partial charge in [0.05, 0.1) is 11.9 Å². The number of hydrogen-bond acceptors (Lipinski definition) is 2. The Hall–Kier alpha value is -2.63. The van der Waals surface area contributed by atoms with E-state index in [4.69, 9.17) is 0 Å². The van der Waals surface area contributed by atoms with Crippen LogP contribution in [0.2, 0.25) is 0 Å². The Labute approximate surface area is 172 Å². The Balaban J connectivity index is 1.34. The van der Waals surface area contributed by atoms with Gasteiger partial charge in [0.15, 0.2) is 0 Å². The number of benzene rings is 2. The second kappa shape index (κ2) is 7.41. The van der Waals surface area contributed by atoms with Gasteiger partial charge in [-0.2, -0.15) is 5.10 Å². The lowest BCUT2D eigenvalue weighted by molar-refractivity contribution is 0.294. The molecule has 1 aliphatic heterocycles.